The van der Waals surface area contributed by atoms with Gasteiger partial charge in [0.25, 0.3) is 0 Å². The largest absolute Gasteiger partial charge is 0.507 e. The van der Waals surface area contributed by atoms with E-state index in [0.717, 1.165) is 44.7 Å². The van der Waals surface area contributed by atoms with Crippen LogP contribution < -0.4 is 0 Å². The molecule has 0 radical (unpaired) electrons. The molecule has 0 unspecified atom stereocenters. The first-order chi connectivity index (χ1) is 24.0. The molecule has 5 aromatic carbocycles. The summed E-state index contributed by atoms with van der Waals surface area (Å²) in [4.78, 5) is 10.2. The van der Waals surface area contributed by atoms with Gasteiger partial charge in [-0.3, -0.25) is 9.55 Å². The van der Waals surface area contributed by atoms with Crippen LogP contribution in [0, 0.1) is 6.07 Å². The number of fused-ring (bicyclic) bond motifs is 1. The van der Waals surface area contributed by atoms with E-state index in [1.54, 1.807) is 6.07 Å². The van der Waals surface area contributed by atoms with Crippen molar-refractivity contribution in [1.29, 1.82) is 0 Å². The smallest absolute Gasteiger partial charge is 0.148 e. The average molecular weight is 850 g/mol. The summed E-state index contributed by atoms with van der Waals surface area (Å²) < 4.78 is 2.13. The third-order valence-corrected chi connectivity index (χ3v) is 9.55. The van der Waals surface area contributed by atoms with Crippen molar-refractivity contribution in [2.45, 2.75) is 65.7 Å². The molecule has 0 amide bonds. The molecular weight excluding hydrogens is 806 g/mol. The molecule has 0 aliphatic rings. The summed E-state index contributed by atoms with van der Waals surface area (Å²) in [5.74, 6) is 1.75. The summed E-state index contributed by atoms with van der Waals surface area (Å²) in [6.45, 7) is 15.7. The van der Waals surface area contributed by atoms with Crippen LogP contribution in [0.25, 0.3) is 61.6 Å². The zero-order valence-electron chi connectivity index (χ0n) is 30.3. The van der Waals surface area contributed by atoms with Crippen LogP contribution in [0.1, 0.15) is 77.0 Å². The minimum absolute atomic E-state index is 0. The second-order valence-electron chi connectivity index (χ2n) is 14.9. The summed E-state index contributed by atoms with van der Waals surface area (Å²) in [6.07, 6.45) is 1.92. The van der Waals surface area contributed by atoms with Crippen LogP contribution in [0.5, 0.6) is 5.75 Å². The van der Waals surface area contributed by atoms with Gasteiger partial charge in [-0.25, -0.2) is 4.98 Å². The maximum atomic E-state index is 11.0. The fourth-order valence-corrected chi connectivity index (χ4v) is 6.55. The van der Waals surface area contributed by atoms with E-state index in [1.807, 2.05) is 42.6 Å². The topological polar surface area (TPSA) is 50.9 Å². The molecule has 4 nitrogen and oxygen atoms in total. The van der Waals surface area contributed by atoms with E-state index in [4.69, 9.17) is 9.97 Å². The molecule has 1 N–H and O–H groups in total. The number of pyridine rings is 1. The summed E-state index contributed by atoms with van der Waals surface area (Å²) in [6, 6.07) is 43.4. The third kappa shape index (κ3) is 7.21. The van der Waals surface area contributed by atoms with Crippen molar-refractivity contribution in [3.63, 3.8) is 0 Å². The van der Waals surface area contributed by atoms with Crippen LogP contribution in [-0.2, 0) is 26.5 Å². The quantitative estimate of drug-likeness (QED) is 0.163. The monoisotopic (exact) mass is 849 g/mol. The Kier molecular flexibility index (Phi) is 10.2. The fraction of sp³-hybridized carbons (Fsp3) is 0.217. The Morgan fingerprint density at radius 3 is 1.98 bits per heavy atom. The van der Waals surface area contributed by atoms with Gasteiger partial charge in [0.05, 0.1) is 16.6 Å². The molecule has 0 atom stereocenters. The molecule has 260 valence electrons. The number of rotatable bonds is 7. The number of benzene rings is 5. The van der Waals surface area contributed by atoms with E-state index < -0.39 is 0 Å². The fourth-order valence-electron chi connectivity index (χ4n) is 6.55. The summed E-state index contributed by atoms with van der Waals surface area (Å²) in [7, 11) is 0. The maximum Gasteiger partial charge on any atom is 0.148 e. The Morgan fingerprint density at radius 1 is 0.667 bits per heavy atom. The van der Waals surface area contributed by atoms with Gasteiger partial charge in [-0.2, -0.15) is 0 Å². The number of hydrogen-bond acceptors (Lipinski definition) is 3. The SMILES string of the molecule is CC(C)c1cc(-c2ccnc(-c3[c-]c(-c4cccc5c4nc(-c4ccccc4O)n5-c4ccccc4)cc(C(C)(C)C)c3)c2)cc(C(C)C)c1.[Pt]. The van der Waals surface area contributed by atoms with Gasteiger partial charge in [0.2, 0.25) is 0 Å². The predicted octanol–water partition coefficient (Wildman–Crippen LogP) is 12.1. The van der Waals surface area contributed by atoms with Crippen LogP contribution in [0.3, 0.4) is 0 Å². The van der Waals surface area contributed by atoms with Crippen molar-refractivity contribution in [2.75, 3.05) is 0 Å². The molecule has 0 fully saturated rings. The van der Waals surface area contributed by atoms with E-state index in [2.05, 4.69) is 132 Å². The zero-order chi connectivity index (χ0) is 35.2. The molecule has 7 rings (SSSR count). The molecule has 5 heteroatoms. The second-order valence-corrected chi connectivity index (χ2v) is 14.9. The number of imidazole rings is 1. The van der Waals surface area contributed by atoms with Gasteiger partial charge in [0.1, 0.15) is 11.6 Å². The first-order valence-electron chi connectivity index (χ1n) is 17.5. The van der Waals surface area contributed by atoms with Gasteiger partial charge in [-0.15, -0.1) is 29.3 Å². The molecule has 2 aromatic heterocycles. The van der Waals surface area contributed by atoms with Gasteiger partial charge in [-0.1, -0.05) is 126 Å². The molecule has 0 aliphatic carbocycles. The van der Waals surface area contributed by atoms with Crippen LogP contribution in [0.2, 0.25) is 0 Å². The normalized spacial score (nSPS) is 11.7. The number of para-hydroxylation sites is 3. The van der Waals surface area contributed by atoms with Crippen molar-refractivity contribution in [3.8, 4) is 56.3 Å². The van der Waals surface area contributed by atoms with Crippen molar-refractivity contribution in [3.05, 3.63) is 144 Å². The molecule has 0 saturated heterocycles. The zero-order valence-corrected chi connectivity index (χ0v) is 32.6. The van der Waals surface area contributed by atoms with Gasteiger partial charge in [0, 0.05) is 38.6 Å². The van der Waals surface area contributed by atoms with Crippen molar-refractivity contribution < 1.29 is 26.2 Å². The molecule has 0 spiro atoms. The Labute approximate surface area is 316 Å². The van der Waals surface area contributed by atoms with Crippen LogP contribution >= 0.6 is 0 Å². The number of hydrogen-bond donors (Lipinski definition) is 1. The van der Waals surface area contributed by atoms with E-state index >= 15 is 0 Å². The van der Waals surface area contributed by atoms with E-state index in [9.17, 15) is 5.11 Å². The molecular formula is C46H44N3OPt-. The summed E-state index contributed by atoms with van der Waals surface area (Å²) in [5.41, 5.74) is 13.3. The molecule has 0 saturated carbocycles. The Morgan fingerprint density at radius 2 is 1.31 bits per heavy atom. The van der Waals surface area contributed by atoms with Crippen molar-refractivity contribution >= 4 is 11.0 Å². The molecule has 7 aromatic rings. The number of phenolic OH excluding ortho intramolecular Hbond substituents is 1. The Bertz CT molecular complexity index is 2300. The Balaban J connectivity index is 0.00000448. The first-order valence-corrected chi connectivity index (χ1v) is 17.5. The number of aromatic hydroxyl groups is 1. The van der Waals surface area contributed by atoms with E-state index in [1.165, 1.54) is 22.3 Å². The molecule has 2 heterocycles. The number of nitrogens with zero attached hydrogens (tertiary/aromatic N) is 3. The maximum absolute atomic E-state index is 11.0. The predicted molar refractivity (Wildman–Crippen MR) is 208 cm³/mol. The van der Waals surface area contributed by atoms with Crippen LogP contribution in [-0.4, -0.2) is 19.6 Å². The minimum Gasteiger partial charge on any atom is -0.507 e. The summed E-state index contributed by atoms with van der Waals surface area (Å²) in [5, 5.41) is 11.0. The van der Waals surface area contributed by atoms with Gasteiger partial charge < -0.3 is 5.11 Å². The van der Waals surface area contributed by atoms with E-state index in [-0.39, 0.29) is 32.2 Å². The molecule has 51 heavy (non-hydrogen) atoms. The second kappa shape index (κ2) is 14.4. The first kappa shape index (κ1) is 36.0. The third-order valence-electron chi connectivity index (χ3n) is 9.55. The standard InChI is InChI=1S/C46H44N3O.Pt/c1-29(2)32-22-33(30(3)4)24-34(23-32)31-20-21-47-41(28-31)36-25-35(26-37(27-36)46(5,6)7)39-17-13-18-42-44(39)48-45(40-16-11-12-19-43(40)50)49(42)38-14-9-8-10-15-38;/h8-24,26-30,50H,1-7H3;/q-1;. The van der Waals surface area contributed by atoms with Crippen LogP contribution in [0.15, 0.2) is 121 Å². The molecule has 0 aliphatic heterocycles. The van der Waals surface area contributed by atoms with Crippen LogP contribution in [0.4, 0.5) is 0 Å². The van der Waals surface area contributed by atoms with Crippen molar-refractivity contribution in [1.82, 2.24) is 14.5 Å². The van der Waals surface area contributed by atoms with Gasteiger partial charge in [-0.05, 0) is 75.9 Å². The van der Waals surface area contributed by atoms with Crippen molar-refractivity contribution in [2.24, 2.45) is 0 Å². The molecule has 0 bridgehead atoms. The van der Waals surface area contributed by atoms with E-state index in [0.29, 0.717) is 23.2 Å². The average Bonchev–Trinajstić information content (AvgIpc) is 3.51. The Hall–Kier alpha value is -4.79. The number of phenols is 1. The minimum atomic E-state index is -0.119. The van der Waals surface area contributed by atoms with Gasteiger partial charge in [0.15, 0.2) is 0 Å². The summed E-state index contributed by atoms with van der Waals surface area (Å²) >= 11 is 0. The van der Waals surface area contributed by atoms with Gasteiger partial charge >= 0.3 is 0 Å². The number of aromatic nitrogens is 3.